The molecule has 1 N–H and O–H groups in total. The second-order valence-corrected chi connectivity index (χ2v) is 5.38. The van der Waals surface area contributed by atoms with Crippen LogP contribution in [0, 0.1) is 5.92 Å². The molecular formula is C13H16BrNO2. The van der Waals surface area contributed by atoms with Gasteiger partial charge in [0.15, 0.2) is 0 Å². The van der Waals surface area contributed by atoms with Crippen molar-refractivity contribution < 1.29 is 9.90 Å². The molecule has 2 rings (SSSR count). The number of aromatic carboxylic acids is 1. The highest BCUT2D eigenvalue weighted by atomic mass is 79.9. The lowest BCUT2D eigenvalue weighted by Gasteiger charge is -2.41. The van der Waals surface area contributed by atoms with Crippen LogP contribution in [-0.2, 0) is 0 Å². The number of carboxylic acids is 1. The van der Waals surface area contributed by atoms with Crippen LogP contribution in [0.1, 0.15) is 30.1 Å². The lowest BCUT2D eigenvalue weighted by molar-refractivity contribution is 0.0696. The maximum Gasteiger partial charge on any atom is 0.336 e. The molecule has 0 aliphatic carbocycles. The summed E-state index contributed by atoms with van der Waals surface area (Å²) >= 11 is 3.26. The Labute approximate surface area is 110 Å². The Bertz CT molecular complexity index is 427. The molecule has 0 atom stereocenters. The number of nitrogens with zero attached hydrogens (tertiary/aromatic N) is 1. The summed E-state index contributed by atoms with van der Waals surface area (Å²) in [5.41, 5.74) is 1.35. The van der Waals surface area contributed by atoms with Crippen LogP contribution in [0.5, 0.6) is 0 Å². The molecule has 0 amide bonds. The van der Waals surface area contributed by atoms with E-state index in [2.05, 4.69) is 27.8 Å². The number of halogens is 1. The molecule has 0 spiro atoms. The highest BCUT2D eigenvalue weighted by Crippen LogP contribution is 2.30. The quantitative estimate of drug-likeness (QED) is 0.926. The lowest BCUT2D eigenvalue weighted by atomic mass is 9.94. The van der Waals surface area contributed by atoms with Crippen molar-refractivity contribution in [2.75, 3.05) is 18.0 Å². The molecule has 0 bridgehead atoms. The van der Waals surface area contributed by atoms with Crippen LogP contribution in [-0.4, -0.2) is 24.2 Å². The van der Waals surface area contributed by atoms with Crippen molar-refractivity contribution in [1.29, 1.82) is 0 Å². The van der Waals surface area contributed by atoms with Crippen molar-refractivity contribution in [3.8, 4) is 0 Å². The molecule has 0 unspecified atom stereocenters. The van der Waals surface area contributed by atoms with E-state index in [1.807, 2.05) is 12.1 Å². The van der Waals surface area contributed by atoms with Gasteiger partial charge in [-0.1, -0.05) is 13.3 Å². The van der Waals surface area contributed by atoms with Gasteiger partial charge < -0.3 is 10.0 Å². The van der Waals surface area contributed by atoms with Crippen molar-refractivity contribution in [2.45, 2.75) is 19.8 Å². The van der Waals surface area contributed by atoms with E-state index in [0.29, 0.717) is 10.0 Å². The normalized spacial score (nSPS) is 15.8. The van der Waals surface area contributed by atoms with Crippen molar-refractivity contribution in [3.05, 3.63) is 28.2 Å². The summed E-state index contributed by atoms with van der Waals surface area (Å²) in [5.74, 6) is -0.110. The molecule has 0 radical (unpaired) electrons. The van der Waals surface area contributed by atoms with Crippen molar-refractivity contribution in [3.63, 3.8) is 0 Å². The average molecular weight is 298 g/mol. The molecule has 0 saturated carbocycles. The minimum absolute atomic E-state index is 0.335. The van der Waals surface area contributed by atoms with Crippen LogP contribution in [0.4, 0.5) is 5.69 Å². The number of hydrogen-bond acceptors (Lipinski definition) is 2. The third kappa shape index (κ3) is 2.63. The number of benzene rings is 1. The maximum atomic E-state index is 11.0. The maximum absolute atomic E-state index is 11.0. The Kier molecular flexibility index (Phi) is 3.72. The molecule has 3 nitrogen and oxygen atoms in total. The first-order valence-electron chi connectivity index (χ1n) is 5.89. The van der Waals surface area contributed by atoms with E-state index >= 15 is 0 Å². The van der Waals surface area contributed by atoms with Gasteiger partial charge in [-0.25, -0.2) is 4.79 Å². The zero-order valence-corrected chi connectivity index (χ0v) is 11.4. The van der Waals surface area contributed by atoms with Gasteiger partial charge in [0, 0.05) is 23.2 Å². The fraction of sp³-hybridized carbons (Fsp3) is 0.462. The van der Waals surface area contributed by atoms with Crippen molar-refractivity contribution in [1.82, 2.24) is 0 Å². The number of hydrogen-bond donors (Lipinski definition) is 1. The lowest BCUT2D eigenvalue weighted by Crippen LogP contribution is -2.46. The van der Waals surface area contributed by atoms with Gasteiger partial charge in [0.05, 0.1) is 5.56 Å². The zero-order valence-electron chi connectivity index (χ0n) is 9.82. The molecule has 1 aromatic carbocycles. The molecule has 0 aromatic heterocycles. The molecule has 17 heavy (non-hydrogen) atoms. The molecular weight excluding hydrogens is 282 g/mol. The number of rotatable bonds is 4. The van der Waals surface area contributed by atoms with Crippen LogP contribution in [0.15, 0.2) is 22.7 Å². The molecule has 4 heteroatoms. The predicted molar refractivity (Wildman–Crippen MR) is 71.7 cm³/mol. The summed E-state index contributed by atoms with van der Waals surface area (Å²) in [7, 11) is 0. The number of anilines is 1. The SMILES string of the molecule is CCCC1CN(c2ccc(Br)c(C(=O)O)c2)C1. The first kappa shape index (κ1) is 12.4. The van der Waals surface area contributed by atoms with Crippen LogP contribution < -0.4 is 4.90 Å². The van der Waals surface area contributed by atoms with Crippen molar-refractivity contribution in [2.24, 2.45) is 5.92 Å². The highest BCUT2D eigenvalue weighted by Gasteiger charge is 2.26. The fourth-order valence-electron chi connectivity index (χ4n) is 2.25. The largest absolute Gasteiger partial charge is 0.478 e. The van der Waals surface area contributed by atoms with Gasteiger partial charge >= 0.3 is 5.97 Å². The number of carboxylic acid groups (broad SMARTS) is 1. The summed E-state index contributed by atoms with van der Waals surface area (Å²) in [4.78, 5) is 13.3. The smallest absolute Gasteiger partial charge is 0.336 e. The van der Waals surface area contributed by atoms with Gasteiger partial charge in [-0.2, -0.15) is 0 Å². The van der Waals surface area contributed by atoms with E-state index in [-0.39, 0.29) is 0 Å². The van der Waals surface area contributed by atoms with Crippen molar-refractivity contribution >= 4 is 27.6 Å². The minimum atomic E-state index is -0.885. The van der Waals surface area contributed by atoms with Crippen LogP contribution in [0.3, 0.4) is 0 Å². The van der Waals surface area contributed by atoms with E-state index in [1.165, 1.54) is 12.8 Å². The zero-order chi connectivity index (χ0) is 12.4. The Hall–Kier alpha value is -1.03. The monoisotopic (exact) mass is 297 g/mol. The Morgan fingerprint density at radius 3 is 2.82 bits per heavy atom. The summed E-state index contributed by atoms with van der Waals surface area (Å²) in [5, 5.41) is 9.05. The first-order valence-corrected chi connectivity index (χ1v) is 6.69. The van der Waals surface area contributed by atoms with Gasteiger partial charge in [0.1, 0.15) is 0 Å². The van der Waals surface area contributed by atoms with E-state index < -0.39 is 5.97 Å². The Morgan fingerprint density at radius 1 is 1.53 bits per heavy atom. The third-order valence-electron chi connectivity index (χ3n) is 3.20. The van der Waals surface area contributed by atoms with Gasteiger partial charge in [0.25, 0.3) is 0 Å². The van der Waals surface area contributed by atoms with E-state index in [0.717, 1.165) is 24.7 Å². The minimum Gasteiger partial charge on any atom is -0.478 e. The standard InChI is InChI=1S/C13H16BrNO2/c1-2-3-9-7-15(8-9)10-4-5-12(14)11(6-10)13(16)17/h4-6,9H,2-3,7-8H2,1H3,(H,16,17). The van der Waals surface area contributed by atoms with Gasteiger partial charge in [0.2, 0.25) is 0 Å². The third-order valence-corrected chi connectivity index (χ3v) is 3.89. The first-order chi connectivity index (χ1) is 8.11. The van der Waals surface area contributed by atoms with E-state index in [9.17, 15) is 4.79 Å². The molecule has 1 aromatic rings. The van der Waals surface area contributed by atoms with Gasteiger partial charge in [-0.05, 0) is 46.5 Å². The summed E-state index contributed by atoms with van der Waals surface area (Å²) in [6, 6.07) is 5.53. The molecule has 1 fully saturated rings. The molecule has 1 heterocycles. The summed E-state index contributed by atoms with van der Waals surface area (Å²) in [6.45, 7) is 4.30. The fourth-order valence-corrected chi connectivity index (χ4v) is 2.66. The van der Waals surface area contributed by atoms with Crippen LogP contribution in [0.25, 0.3) is 0 Å². The predicted octanol–water partition coefficient (Wildman–Crippen LogP) is 3.38. The topological polar surface area (TPSA) is 40.5 Å². The molecule has 1 aliphatic heterocycles. The second kappa shape index (κ2) is 5.08. The summed E-state index contributed by atoms with van der Waals surface area (Å²) in [6.07, 6.45) is 2.48. The van der Waals surface area contributed by atoms with Crippen LogP contribution in [0.2, 0.25) is 0 Å². The molecule has 1 aliphatic rings. The molecule has 92 valence electrons. The Balaban J connectivity index is 2.08. The van der Waals surface area contributed by atoms with E-state index in [4.69, 9.17) is 5.11 Å². The van der Waals surface area contributed by atoms with Crippen LogP contribution >= 0.6 is 15.9 Å². The average Bonchev–Trinajstić information content (AvgIpc) is 2.24. The second-order valence-electron chi connectivity index (χ2n) is 4.53. The number of carbonyl (C=O) groups is 1. The van der Waals surface area contributed by atoms with E-state index in [1.54, 1.807) is 6.07 Å². The molecule has 1 saturated heterocycles. The van der Waals surface area contributed by atoms with Gasteiger partial charge in [-0.3, -0.25) is 0 Å². The highest BCUT2D eigenvalue weighted by molar-refractivity contribution is 9.10. The Morgan fingerprint density at radius 2 is 2.24 bits per heavy atom. The van der Waals surface area contributed by atoms with Gasteiger partial charge in [-0.15, -0.1) is 0 Å². The summed E-state index contributed by atoms with van der Waals surface area (Å²) < 4.78 is 0.638.